The van der Waals surface area contributed by atoms with Gasteiger partial charge in [-0.3, -0.25) is 4.99 Å². The van der Waals surface area contributed by atoms with Gasteiger partial charge in [0.1, 0.15) is 11.5 Å². The van der Waals surface area contributed by atoms with E-state index in [0.717, 1.165) is 48.3 Å². The lowest BCUT2D eigenvalue weighted by molar-refractivity contribution is 0.392. The Bertz CT molecular complexity index is 639. The molecule has 2 aromatic rings. The first kappa shape index (κ1) is 20.5. The fraction of sp³-hybridized carbons (Fsp3) is 0.562. The first-order chi connectivity index (χ1) is 11.0. The van der Waals surface area contributed by atoms with Crippen LogP contribution < -0.4 is 10.6 Å². The second-order valence-electron chi connectivity index (χ2n) is 5.51. The summed E-state index contributed by atoms with van der Waals surface area (Å²) in [6, 6.07) is 0. The van der Waals surface area contributed by atoms with Gasteiger partial charge in [0.2, 0.25) is 5.89 Å². The molecule has 0 aromatic carbocycles. The van der Waals surface area contributed by atoms with Crippen LogP contribution >= 0.6 is 24.0 Å². The minimum absolute atomic E-state index is 0. The third-order valence-electron chi connectivity index (χ3n) is 3.78. The third-order valence-corrected chi connectivity index (χ3v) is 3.78. The molecular weight excluding hydrogens is 421 g/mol. The minimum Gasteiger partial charge on any atom is -0.444 e. The Labute approximate surface area is 159 Å². The zero-order valence-corrected chi connectivity index (χ0v) is 17.2. The molecule has 0 unspecified atom stereocenters. The van der Waals surface area contributed by atoms with E-state index < -0.39 is 0 Å². The monoisotopic (exact) mass is 447 g/mol. The fourth-order valence-electron chi connectivity index (χ4n) is 2.33. The topological polar surface area (TPSA) is 88.5 Å². The van der Waals surface area contributed by atoms with Gasteiger partial charge >= 0.3 is 0 Å². The number of halogens is 1. The smallest absolute Gasteiger partial charge is 0.214 e. The van der Waals surface area contributed by atoms with Gasteiger partial charge in [-0.05, 0) is 40.5 Å². The normalized spacial score (nSPS) is 11.3. The molecule has 0 radical (unpaired) electrons. The highest BCUT2D eigenvalue weighted by atomic mass is 127. The molecule has 24 heavy (non-hydrogen) atoms. The Morgan fingerprint density at radius 2 is 1.83 bits per heavy atom. The molecule has 0 amide bonds. The van der Waals surface area contributed by atoms with Crippen molar-refractivity contribution in [3.8, 4) is 0 Å². The van der Waals surface area contributed by atoms with Gasteiger partial charge in [-0.2, -0.15) is 0 Å². The molecule has 0 fully saturated rings. The summed E-state index contributed by atoms with van der Waals surface area (Å²) in [5, 5.41) is 10.4. The number of aliphatic imine (C=N–C) groups is 1. The van der Waals surface area contributed by atoms with Crippen molar-refractivity contribution in [2.45, 2.75) is 47.1 Å². The molecule has 2 rings (SSSR count). The quantitative estimate of drug-likeness (QED) is 0.307. The van der Waals surface area contributed by atoms with Gasteiger partial charge in [-0.1, -0.05) is 5.16 Å². The Morgan fingerprint density at radius 3 is 2.38 bits per heavy atom. The third kappa shape index (κ3) is 5.50. The number of aryl methyl sites for hydroxylation is 4. The van der Waals surface area contributed by atoms with Crippen molar-refractivity contribution in [3.05, 3.63) is 34.4 Å². The van der Waals surface area contributed by atoms with Crippen LogP contribution in [-0.2, 0) is 13.0 Å². The largest absolute Gasteiger partial charge is 0.444 e. The zero-order chi connectivity index (χ0) is 16.8. The molecule has 0 saturated carbocycles. The van der Waals surface area contributed by atoms with Crippen LogP contribution in [0.5, 0.6) is 0 Å². The number of hydrogen-bond acceptors (Lipinski definition) is 5. The van der Waals surface area contributed by atoms with Crippen LogP contribution in [0.3, 0.4) is 0 Å². The molecule has 0 spiro atoms. The molecule has 0 aliphatic heterocycles. The van der Waals surface area contributed by atoms with Gasteiger partial charge in [0.25, 0.3) is 0 Å². The molecule has 134 valence electrons. The van der Waals surface area contributed by atoms with E-state index >= 15 is 0 Å². The van der Waals surface area contributed by atoms with Crippen LogP contribution in [0.2, 0.25) is 0 Å². The van der Waals surface area contributed by atoms with E-state index in [1.165, 1.54) is 5.56 Å². The molecule has 0 bridgehead atoms. The molecule has 0 aliphatic rings. The number of aromatic nitrogens is 2. The molecule has 2 N–H and O–H groups in total. The SMILES string of the molecule is CN=C(NCCCc1c(C)noc1C)NCc1nc(C)c(C)o1.I. The van der Waals surface area contributed by atoms with E-state index in [0.29, 0.717) is 12.4 Å². The standard InChI is InChI=1S/C16H25N5O2.HI/c1-10-12(3)22-15(20-10)9-19-16(17-5)18-8-6-7-14-11(2)21-23-13(14)4;/h6-9H2,1-5H3,(H2,17,18,19);1H. The van der Waals surface area contributed by atoms with Crippen molar-refractivity contribution in [1.29, 1.82) is 0 Å². The predicted octanol–water partition coefficient (Wildman–Crippen LogP) is 2.81. The molecule has 0 aliphatic carbocycles. The Hall–Kier alpha value is -1.58. The van der Waals surface area contributed by atoms with Crippen molar-refractivity contribution in [2.75, 3.05) is 13.6 Å². The minimum atomic E-state index is 0. The second-order valence-corrected chi connectivity index (χ2v) is 5.51. The van der Waals surface area contributed by atoms with Gasteiger partial charge in [0, 0.05) is 19.2 Å². The number of guanidine groups is 1. The van der Waals surface area contributed by atoms with Gasteiger partial charge in [-0.25, -0.2) is 4.98 Å². The number of hydrogen-bond donors (Lipinski definition) is 2. The second kappa shape index (κ2) is 9.65. The first-order valence-corrected chi connectivity index (χ1v) is 7.80. The maximum absolute atomic E-state index is 5.54. The van der Waals surface area contributed by atoms with Gasteiger partial charge in [0.15, 0.2) is 5.96 Å². The summed E-state index contributed by atoms with van der Waals surface area (Å²) < 4.78 is 10.7. The first-order valence-electron chi connectivity index (χ1n) is 7.80. The van der Waals surface area contributed by atoms with Crippen LogP contribution in [0.1, 0.15) is 40.8 Å². The van der Waals surface area contributed by atoms with Gasteiger partial charge in [-0.15, -0.1) is 24.0 Å². The molecule has 2 aromatic heterocycles. The molecule has 0 saturated heterocycles. The number of oxazole rings is 1. The van der Waals surface area contributed by atoms with E-state index in [-0.39, 0.29) is 24.0 Å². The zero-order valence-electron chi connectivity index (χ0n) is 14.9. The van der Waals surface area contributed by atoms with Crippen LogP contribution in [0.4, 0.5) is 0 Å². The lowest BCUT2D eigenvalue weighted by atomic mass is 10.1. The van der Waals surface area contributed by atoms with Crippen molar-refractivity contribution < 1.29 is 8.94 Å². The van der Waals surface area contributed by atoms with E-state index in [1.54, 1.807) is 7.05 Å². The van der Waals surface area contributed by atoms with Crippen LogP contribution in [0.15, 0.2) is 13.9 Å². The summed E-state index contributed by atoms with van der Waals surface area (Å²) in [5.74, 6) is 3.15. The summed E-state index contributed by atoms with van der Waals surface area (Å²) in [4.78, 5) is 8.53. The highest BCUT2D eigenvalue weighted by molar-refractivity contribution is 14.0. The fourth-order valence-corrected chi connectivity index (χ4v) is 2.33. The van der Waals surface area contributed by atoms with Crippen molar-refractivity contribution >= 4 is 29.9 Å². The summed E-state index contributed by atoms with van der Waals surface area (Å²) in [7, 11) is 1.75. The number of nitrogens with one attached hydrogen (secondary N) is 2. The summed E-state index contributed by atoms with van der Waals surface area (Å²) in [6.45, 7) is 9.09. The molecule has 2 heterocycles. The summed E-state index contributed by atoms with van der Waals surface area (Å²) in [6.07, 6.45) is 1.91. The molecule has 7 nitrogen and oxygen atoms in total. The lowest BCUT2D eigenvalue weighted by Gasteiger charge is -2.10. The van der Waals surface area contributed by atoms with E-state index in [2.05, 4.69) is 25.8 Å². The Balaban J connectivity index is 0.00000288. The van der Waals surface area contributed by atoms with Crippen molar-refractivity contribution in [2.24, 2.45) is 4.99 Å². The van der Waals surface area contributed by atoms with Gasteiger partial charge in [0.05, 0.1) is 17.9 Å². The molecular formula is C16H26IN5O2. The average Bonchev–Trinajstić information content (AvgIpc) is 3.02. The molecule has 8 heteroatoms. The highest BCUT2D eigenvalue weighted by Gasteiger charge is 2.09. The van der Waals surface area contributed by atoms with Crippen LogP contribution in [0, 0.1) is 27.7 Å². The lowest BCUT2D eigenvalue weighted by Crippen LogP contribution is -2.37. The Morgan fingerprint density at radius 1 is 1.08 bits per heavy atom. The van der Waals surface area contributed by atoms with Crippen LogP contribution in [0.25, 0.3) is 0 Å². The Kier molecular flexibility index (Phi) is 8.23. The van der Waals surface area contributed by atoms with Crippen LogP contribution in [-0.4, -0.2) is 29.7 Å². The summed E-state index contributed by atoms with van der Waals surface area (Å²) in [5.41, 5.74) is 3.09. The van der Waals surface area contributed by atoms with Crippen molar-refractivity contribution in [1.82, 2.24) is 20.8 Å². The summed E-state index contributed by atoms with van der Waals surface area (Å²) >= 11 is 0. The number of nitrogens with zero attached hydrogens (tertiary/aromatic N) is 3. The maximum atomic E-state index is 5.54. The van der Waals surface area contributed by atoms with E-state index in [1.807, 2.05) is 27.7 Å². The predicted molar refractivity (Wildman–Crippen MR) is 104 cm³/mol. The average molecular weight is 447 g/mol. The van der Waals surface area contributed by atoms with Gasteiger partial charge < -0.3 is 19.6 Å². The van der Waals surface area contributed by atoms with E-state index in [9.17, 15) is 0 Å². The highest BCUT2D eigenvalue weighted by Crippen LogP contribution is 2.13. The van der Waals surface area contributed by atoms with Crippen molar-refractivity contribution in [3.63, 3.8) is 0 Å². The van der Waals surface area contributed by atoms with E-state index in [4.69, 9.17) is 8.94 Å². The number of rotatable bonds is 6. The molecule has 0 atom stereocenters. The maximum Gasteiger partial charge on any atom is 0.214 e.